The van der Waals surface area contributed by atoms with Gasteiger partial charge in [0.15, 0.2) is 5.78 Å². The van der Waals surface area contributed by atoms with E-state index in [2.05, 4.69) is 11.1 Å². The van der Waals surface area contributed by atoms with Crippen LogP contribution in [0.2, 0.25) is 0 Å². The number of aromatic nitrogens is 1. The van der Waals surface area contributed by atoms with Gasteiger partial charge in [0, 0.05) is 23.8 Å². The van der Waals surface area contributed by atoms with Crippen LogP contribution in [-0.2, 0) is 0 Å². The zero-order valence-corrected chi connectivity index (χ0v) is 12.7. The van der Waals surface area contributed by atoms with Gasteiger partial charge in [0.2, 0.25) is 0 Å². The summed E-state index contributed by atoms with van der Waals surface area (Å²) < 4.78 is 0. The Morgan fingerprint density at radius 1 is 1.35 bits per heavy atom. The fourth-order valence-electron chi connectivity index (χ4n) is 2.40. The summed E-state index contributed by atoms with van der Waals surface area (Å²) >= 11 is 0. The molecule has 1 aromatic rings. The highest BCUT2D eigenvalue weighted by atomic mass is 16.2. The molecule has 1 rings (SSSR count). The first-order valence-electron chi connectivity index (χ1n) is 6.69. The molecular formula is C15H21N3O2. The third-order valence-electron chi connectivity index (χ3n) is 3.35. The van der Waals surface area contributed by atoms with Gasteiger partial charge in [0.05, 0.1) is 12.5 Å². The van der Waals surface area contributed by atoms with Crippen molar-refractivity contribution < 1.29 is 9.59 Å². The standard InChI is InChI=1S/C15H21N3O2/c1-9(2)18(8-6-7-16)15(20)14-10(3)13(12(5)19)11(4)17-14/h9,17H,6,8H2,1-5H3. The fourth-order valence-corrected chi connectivity index (χ4v) is 2.40. The van der Waals surface area contributed by atoms with Crippen LogP contribution in [0, 0.1) is 25.2 Å². The molecule has 1 heterocycles. The molecule has 0 radical (unpaired) electrons. The second kappa shape index (κ2) is 6.38. The van der Waals surface area contributed by atoms with Crippen molar-refractivity contribution in [3.63, 3.8) is 0 Å². The molecular weight excluding hydrogens is 254 g/mol. The minimum atomic E-state index is -0.164. The molecule has 108 valence electrons. The zero-order chi connectivity index (χ0) is 15.4. The van der Waals surface area contributed by atoms with Gasteiger partial charge in [0.1, 0.15) is 5.69 Å². The number of hydrogen-bond acceptors (Lipinski definition) is 3. The molecule has 1 N–H and O–H groups in total. The number of carbonyl (C=O) groups excluding carboxylic acids is 2. The number of amides is 1. The number of H-pyrrole nitrogens is 1. The average Bonchev–Trinajstić information content (AvgIpc) is 2.64. The Morgan fingerprint density at radius 3 is 2.35 bits per heavy atom. The number of aryl methyl sites for hydroxylation is 1. The minimum absolute atomic E-state index is 0.000339. The van der Waals surface area contributed by atoms with E-state index in [1.54, 1.807) is 18.7 Å². The van der Waals surface area contributed by atoms with Gasteiger partial charge in [-0.2, -0.15) is 5.26 Å². The number of aromatic amines is 1. The molecule has 0 fully saturated rings. The Labute approximate surface area is 119 Å². The molecule has 0 bridgehead atoms. The highest BCUT2D eigenvalue weighted by Crippen LogP contribution is 2.20. The van der Waals surface area contributed by atoms with Gasteiger partial charge in [-0.05, 0) is 40.2 Å². The number of nitriles is 1. The minimum Gasteiger partial charge on any atom is -0.354 e. The van der Waals surface area contributed by atoms with E-state index in [0.717, 1.165) is 0 Å². The van der Waals surface area contributed by atoms with Crippen molar-refractivity contribution in [2.24, 2.45) is 0 Å². The summed E-state index contributed by atoms with van der Waals surface area (Å²) in [6.07, 6.45) is 0.294. The lowest BCUT2D eigenvalue weighted by Crippen LogP contribution is -2.38. The molecule has 0 saturated heterocycles. The predicted molar refractivity (Wildman–Crippen MR) is 76.7 cm³/mol. The van der Waals surface area contributed by atoms with Crippen molar-refractivity contribution in [1.29, 1.82) is 5.26 Å². The van der Waals surface area contributed by atoms with Crippen LogP contribution in [0.5, 0.6) is 0 Å². The Bertz CT molecular complexity index is 564. The van der Waals surface area contributed by atoms with Crippen molar-refractivity contribution in [3.8, 4) is 6.07 Å². The van der Waals surface area contributed by atoms with Gasteiger partial charge in [0.25, 0.3) is 5.91 Å². The molecule has 0 saturated carbocycles. The summed E-state index contributed by atoms with van der Waals surface area (Å²) in [7, 11) is 0. The van der Waals surface area contributed by atoms with Gasteiger partial charge >= 0.3 is 0 Å². The van der Waals surface area contributed by atoms with Gasteiger partial charge in [-0.3, -0.25) is 9.59 Å². The first-order chi connectivity index (χ1) is 9.31. The lowest BCUT2D eigenvalue weighted by Gasteiger charge is -2.25. The lowest BCUT2D eigenvalue weighted by atomic mass is 10.1. The fraction of sp³-hybridized carbons (Fsp3) is 0.533. The Morgan fingerprint density at radius 2 is 1.95 bits per heavy atom. The second-order valence-electron chi connectivity index (χ2n) is 5.18. The lowest BCUT2D eigenvalue weighted by molar-refractivity contribution is 0.0704. The number of rotatable bonds is 5. The summed E-state index contributed by atoms with van der Waals surface area (Å²) in [4.78, 5) is 28.8. The Balaban J connectivity index is 3.17. The Kier molecular flexibility index (Phi) is 5.09. The molecule has 5 nitrogen and oxygen atoms in total. The normalized spacial score (nSPS) is 10.4. The molecule has 0 aliphatic rings. The van der Waals surface area contributed by atoms with Crippen LogP contribution in [0.25, 0.3) is 0 Å². The van der Waals surface area contributed by atoms with E-state index < -0.39 is 0 Å². The zero-order valence-electron chi connectivity index (χ0n) is 12.7. The third-order valence-corrected chi connectivity index (χ3v) is 3.35. The number of hydrogen-bond donors (Lipinski definition) is 1. The van der Waals surface area contributed by atoms with Crippen molar-refractivity contribution >= 4 is 11.7 Å². The molecule has 20 heavy (non-hydrogen) atoms. The summed E-state index contributed by atoms with van der Waals surface area (Å²) in [5.74, 6) is -0.216. The van der Waals surface area contributed by atoms with Crippen molar-refractivity contribution in [2.45, 2.75) is 47.1 Å². The van der Waals surface area contributed by atoms with Gasteiger partial charge in [-0.15, -0.1) is 0 Å². The molecule has 0 aliphatic heterocycles. The van der Waals surface area contributed by atoms with Crippen LogP contribution in [-0.4, -0.2) is 34.2 Å². The highest BCUT2D eigenvalue weighted by molar-refractivity contribution is 6.02. The smallest absolute Gasteiger partial charge is 0.270 e. The van der Waals surface area contributed by atoms with E-state index in [1.165, 1.54) is 6.92 Å². The van der Waals surface area contributed by atoms with E-state index in [4.69, 9.17) is 5.26 Å². The van der Waals surface area contributed by atoms with Crippen LogP contribution in [0.3, 0.4) is 0 Å². The van der Waals surface area contributed by atoms with Crippen LogP contribution in [0.15, 0.2) is 0 Å². The summed E-state index contributed by atoms with van der Waals surface area (Å²) in [6, 6.07) is 2.05. The van der Waals surface area contributed by atoms with Crippen molar-refractivity contribution in [2.75, 3.05) is 6.54 Å². The number of nitrogens with one attached hydrogen (secondary N) is 1. The summed E-state index contributed by atoms with van der Waals surface area (Å²) in [5, 5.41) is 8.68. The molecule has 0 spiro atoms. The van der Waals surface area contributed by atoms with Crippen LogP contribution < -0.4 is 0 Å². The quantitative estimate of drug-likeness (QED) is 0.839. The van der Waals surface area contributed by atoms with E-state index >= 15 is 0 Å². The number of carbonyl (C=O) groups is 2. The number of ketones is 1. The largest absolute Gasteiger partial charge is 0.354 e. The molecule has 0 aromatic carbocycles. The van der Waals surface area contributed by atoms with E-state index in [1.807, 2.05) is 13.8 Å². The second-order valence-corrected chi connectivity index (χ2v) is 5.18. The molecule has 0 aliphatic carbocycles. The van der Waals surface area contributed by atoms with E-state index in [0.29, 0.717) is 35.5 Å². The Hall–Kier alpha value is -2.09. The first-order valence-corrected chi connectivity index (χ1v) is 6.69. The SMILES string of the molecule is CC(=O)c1c(C)[nH]c(C(=O)N(CCC#N)C(C)C)c1C. The molecule has 1 amide bonds. The van der Waals surface area contributed by atoms with Gasteiger partial charge in [-0.1, -0.05) is 0 Å². The van der Waals surface area contributed by atoms with Crippen molar-refractivity contribution in [1.82, 2.24) is 9.88 Å². The number of nitrogens with zero attached hydrogens (tertiary/aromatic N) is 2. The summed E-state index contributed by atoms with van der Waals surface area (Å²) in [6.45, 7) is 9.26. The van der Waals surface area contributed by atoms with Crippen molar-refractivity contribution in [3.05, 3.63) is 22.5 Å². The number of Topliss-reactive ketones (excluding diaryl/α,β-unsaturated/α-hetero) is 1. The van der Waals surface area contributed by atoms with Gasteiger partial charge in [-0.25, -0.2) is 0 Å². The van der Waals surface area contributed by atoms with Crippen LogP contribution in [0.1, 0.15) is 59.3 Å². The van der Waals surface area contributed by atoms with E-state index in [9.17, 15) is 9.59 Å². The first kappa shape index (κ1) is 16.0. The topological polar surface area (TPSA) is 77.0 Å². The predicted octanol–water partition coefficient (Wildman–Crippen LogP) is 2.60. The molecule has 1 aromatic heterocycles. The highest BCUT2D eigenvalue weighted by Gasteiger charge is 2.25. The average molecular weight is 275 g/mol. The van der Waals surface area contributed by atoms with Crippen LogP contribution in [0.4, 0.5) is 0 Å². The monoisotopic (exact) mass is 275 g/mol. The maximum Gasteiger partial charge on any atom is 0.270 e. The van der Waals surface area contributed by atoms with Gasteiger partial charge < -0.3 is 9.88 Å². The van der Waals surface area contributed by atoms with E-state index in [-0.39, 0.29) is 17.7 Å². The molecule has 0 atom stereocenters. The maximum atomic E-state index is 12.6. The maximum absolute atomic E-state index is 12.6. The molecule has 5 heteroatoms. The summed E-state index contributed by atoms with van der Waals surface area (Å²) in [5.41, 5.74) is 2.42. The third kappa shape index (κ3) is 3.08. The molecule has 0 unspecified atom stereocenters. The van der Waals surface area contributed by atoms with Crippen LogP contribution >= 0.6 is 0 Å².